The fraction of sp³-hybridized carbons (Fsp3) is 0.333. The highest BCUT2D eigenvalue weighted by Crippen LogP contribution is 2.05. The van der Waals surface area contributed by atoms with Crippen molar-refractivity contribution in [3.63, 3.8) is 0 Å². The van der Waals surface area contributed by atoms with Crippen LogP contribution in [0.2, 0.25) is 0 Å². The monoisotopic (exact) mass is 292 g/mol. The van der Waals surface area contributed by atoms with Crippen molar-refractivity contribution in [3.05, 3.63) is 48.6 Å². The first-order valence-electron chi connectivity index (χ1n) is 6.42. The van der Waals surface area contributed by atoms with E-state index in [1.807, 2.05) is 30.3 Å². The van der Waals surface area contributed by atoms with Crippen LogP contribution in [0.3, 0.4) is 0 Å². The van der Waals surface area contributed by atoms with Gasteiger partial charge in [-0.3, -0.25) is 9.59 Å². The van der Waals surface area contributed by atoms with E-state index in [0.29, 0.717) is 13.1 Å². The molecule has 2 amide bonds. The highest BCUT2D eigenvalue weighted by Gasteiger charge is 2.12. The Kier molecular flexibility index (Phi) is 7.50. The number of carbonyl (C=O) groups is 2. The Morgan fingerprint density at radius 2 is 1.95 bits per heavy atom. The molecule has 108 valence electrons. The lowest BCUT2D eigenvalue weighted by atomic mass is 10.1. The number of thioether (sulfide) groups is 1. The maximum absolute atomic E-state index is 12.0. The van der Waals surface area contributed by atoms with E-state index in [1.165, 1.54) is 17.3 Å². The van der Waals surface area contributed by atoms with Gasteiger partial charge in [0.1, 0.15) is 0 Å². The van der Waals surface area contributed by atoms with Crippen LogP contribution >= 0.6 is 11.8 Å². The number of nitrogens with two attached hydrogens (primary N) is 1. The predicted octanol–water partition coefficient (Wildman–Crippen LogP) is 1.46. The second kappa shape index (κ2) is 9.20. The third-order valence-electron chi connectivity index (χ3n) is 2.69. The van der Waals surface area contributed by atoms with E-state index < -0.39 is 5.91 Å². The molecule has 0 aliphatic carbocycles. The molecule has 1 aromatic rings. The van der Waals surface area contributed by atoms with Crippen molar-refractivity contribution < 1.29 is 9.59 Å². The summed E-state index contributed by atoms with van der Waals surface area (Å²) in [6, 6.07) is 10.0. The lowest BCUT2D eigenvalue weighted by molar-refractivity contribution is -0.127. The van der Waals surface area contributed by atoms with Crippen LogP contribution in [0.15, 0.2) is 43.0 Å². The molecule has 0 aromatic heterocycles. The van der Waals surface area contributed by atoms with Crippen molar-refractivity contribution in [2.45, 2.75) is 6.42 Å². The van der Waals surface area contributed by atoms with E-state index >= 15 is 0 Å². The standard InChI is InChI=1S/C15H20N2O2S/c1-2-9-17(15(19)12-20-11-14(16)18)10-8-13-6-4-3-5-7-13/h2-7H,1,8-12H2,(H2,16,18). The highest BCUT2D eigenvalue weighted by atomic mass is 32.2. The Morgan fingerprint density at radius 3 is 2.55 bits per heavy atom. The van der Waals surface area contributed by atoms with Crippen molar-refractivity contribution in [3.8, 4) is 0 Å². The second-order valence-corrected chi connectivity index (χ2v) is 5.31. The van der Waals surface area contributed by atoms with E-state index in [0.717, 1.165) is 6.42 Å². The molecule has 2 N–H and O–H groups in total. The van der Waals surface area contributed by atoms with Gasteiger partial charge in [-0.25, -0.2) is 0 Å². The summed E-state index contributed by atoms with van der Waals surface area (Å²) in [4.78, 5) is 24.4. The topological polar surface area (TPSA) is 63.4 Å². The Hall–Kier alpha value is -1.75. The number of primary amides is 1. The van der Waals surface area contributed by atoms with Gasteiger partial charge in [-0.2, -0.15) is 0 Å². The van der Waals surface area contributed by atoms with Crippen LogP contribution in [0.25, 0.3) is 0 Å². The summed E-state index contributed by atoms with van der Waals surface area (Å²) in [5, 5.41) is 0. The summed E-state index contributed by atoms with van der Waals surface area (Å²) in [5.41, 5.74) is 6.24. The van der Waals surface area contributed by atoms with Gasteiger partial charge in [-0.05, 0) is 12.0 Å². The van der Waals surface area contributed by atoms with Crippen LogP contribution in [-0.4, -0.2) is 41.3 Å². The van der Waals surface area contributed by atoms with Gasteiger partial charge in [-0.15, -0.1) is 18.3 Å². The number of carbonyl (C=O) groups excluding carboxylic acids is 2. The molecular weight excluding hydrogens is 272 g/mol. The maximum atomic E-state index is 12.0. The van der Waals surface area contributed by atoms with Gasteiger partial charge in [-0.1, -0.05) is 36.4 Å². The summed E-state index contributed by atoms with van der Waals surface area (Å²) in [6.07, 6.45) is 2.52. The Labute approximate surface area is 124 Å². The van der Waals surface area contributed by atoms with Gasteiger partial charge >= 0.3 is 0 Å². The van der Waals surface area contributed by atoms with Crippen LogP contribution in [-0.2, 0) is 16.0 Å². The molecular formula is C15H20N2O2S. The molecule has 5 heteroatoms. The number of amides is 2. The summed E-state index contributed by atoms with van der Waals surface area (Å²) in [6.45, 7) is 4.83. The third kappa shape index (κ3) is 6.43. The van der Waals surface area contributed by atoms with Gasteiger partial charge in [0.25, 0.3) is 0 Å². The summed E-state index contributed by atoms with van der Waals surface area (Å²) in [7, 11) is 0. The van der Waals surface area contributed by atoms with Crippen molar-refractivity contribution in [1.29, 1.82) is 0 Å². The average Bonchev–Trinajstić information content (AvgIpc) is 2.44. The minimum Gasteiger partial charge on any atom is -0.369 e. The molecule has 1 rings (SSSR count). The zero-order valence-electron chi connectivity index (χ0n) is 11.5. The lowest BCUT2D eigenvalue weighted by Gasteiger charge is -2.21. The van der Waals surface area contributed by atoms with E-state index in [2.05, 4.69) is 6.58 Å². The van der Waals surface area contributed by atoms with Crippen LogP contribution in [0.1, 0.15) is 5.56 Å². The van der Waals surface area contributed by atoms with E-state index in [4.69, 9.17) is 5.73 Å². The quantitative estimate of drug-likeness (QED) is 0.701. The fourth-order valence-electron chi connectivity index (χ4n) is 1.71. The zero-order valence-corrected chi connectivity index (χ0v) is 12.3. The largest absolute Gasteiger partial charge is 0.369 e. The third-order valence-corrected chi connectivity index (χ3v) is 3.62. The number of nitrogens with zero attached hydrogens (tertiary/aromatic N) is 1. The molecule has 0 atom stereocenters. The predicted molar refractivity (Wildman–Crippen MR) is 83.4 cm³/mol. The summed E-state index contributed by atoms with van der Waals surface area (Å²) in [5.74, 6) is 0.0483. The summed E-state index contributed by atoms with van der Waals surface area (Å²) >= 11 is 1.25. The lowest BCUT2D eigenvalue weighted by Crippen LogP contribution is -2.34. The molecule has 1 aromatic carbocycles. The smallest absolute Gasteiger partial charge is 0.232 e. The molecule has 0 aliphatic heterocycles. The molecule has 0 unspecified atom stereocenters. The molecule has 0 fully saturated rings. The van der Waals surface area contributed by atoms with Crippen molar-refractivity contribution in [1.82, 2.24) is 4.90 Å². The molecule has 0 heterocycles. The highest BCUT2D eigenvalue weighted by molar-refractivity contribution is 8.00. The molecule has 0 spiro atoms. The van der Waals surface area contributed by atoms with Gasteiger partial charge in [0.15, 0.2) is 0 Å². The SMILES string of the molecule is C=CCN(CCc1ccccc1)C(=O)CSCC(N)=O. The van der Waals surface area contributed by atoms with E-state index in [9.17, 15) is 9.59 Å². The zero-order chi connectivity index (χ0) is 14.8. The first-order valence-corrected chi connectivity index (χ1v) is 7.57. The molecule has 0 radical (unpaired) electrons. The minimum atomic E-state index is -0.401. The normalized spacial score (nSPS) is 10.0. The maximum Gasteiger partial charge on any atom is 0.232 e. The van der Waals surface area contributed by atoms with Gasteiger partial charge in [0, 0.05) is 13.1 Å². The molecule has 0 saturated heterocycles. The average molecular weight is 292 g/mol. The first-order chi connectivity index (χ1) is 9.63. The van der Waals surface area contributed by atoms with Gasteiger partial charge in [0.05, 0.1) is 11.5 Å². The van der Waals surface area contributed by atoms with Crippen LogP contribution in [0.5, 0.6) is 0 Å². The van der Waals surface area contributed by atoms with Gasteiger partial charge in [0.2, 0.25) is 11.8 Å². The Morgan fingerprint density at radius 1 is 1.25 bits per heavy atom. The number of rotatable bonds is 9. The molecule has 4 nitrogen and oxygen atoms in total. The fourth-order valence-corrected chi connectivity index (χ4v) is 2.37. The van der Waals surface area contributed by atoms with Crippen LogP contribution in [0.4, 0.5) is 0 Å². The molecule has 0 bridgehead atoms. The molecule has 20 heavy (non-hydrogen) atoms. The van der Waals surface area contributed by atoms with Crippen LogP contribution in [0, 0.1) is 0 Å². The second-order valence-electron chi connectivity index (χ2n) is 4.32. The Balaban J connectivity index is 2.44. The van der Waals surface area contributed by atoms with Crippen molar-refractivity contribution in [2.75, 3.05) is 24.6 Å². The molecule has 0 saturated carbocycles. The number of hydrogen-bond acceptors (Lipinski definition) is 3. The van der Waals surface area contributed by atoms with E-state index in [-0.39, 0.29) is 17.4 Å². The van der Waals surface area contributed by atoms with Gasteiger partial charge < -0.3 is 10.6 Å². The van der Waals surface area contributed by atoms with Crippen molar-refractivity contribution >= 4 is 23.6 Å². The summed E-state index contributed by atoms with van der Waals surface area (Å²) < 4.78 is 0. The molecule has 0 aliphatic rings. The van der Waals surface area contributed by atoms with Crippen molar-refractivity contribution in [2.24, 2.45) is 5.73 Å². The minimum absolute atomic E-state index is 0.00656. The number of benzene rings is 1. The van der Waals surface area contributed by atoms with E-state index in [1.54, 1.807) is 11.0 Å². The number of hydrogen-bond donors (Lipinski definition) is 1. The van der Waals surface area contributed by atoms with Crippen LogP contribution < -0.4 is 5.73 Å². The Bertz CT molecular complexity index is 448. The first kappa shape index (κ1) is 16.3.